The molecule has 2 amide bonds. The minimum absolute atomic E-state index is 0.0564. The molecule has 0 unspecified atom stereocenters. The van der Waals surface area contributed by atoms with Gasteiger partial charge in [0.05, 0.1) is 40.2 Å². The van der Waals surface area contributed by atoms with Crippen LogP contribution in [0.15, 0.2) is 97.2 Å². The Balaban J connectivity index is 1.16. The van der Waals surface area contributed by atoms with Crippen molar-refractivity contribution in [3.8, 4) is 11.5 Å². The van der Waals surface area contributed by atoms with E-state index in [1.807, 2.05) is 68.5 Å². The third-order valence-electron chi connectivity index (χ3n) is 10.9. The van der Waals surface area contributed by atoms with E-state index in [1.54, 1.807) is 51.0 Å². The number of carbonyl (C=O) groups excluding carboxylic acids is 2. The standard InChI is InChI=1S/C40H40N6O8Si/c1-25-37(55(2,3)52)36(17-19-43-24-27(18-20-47)41-42-43)54-40(25)31-22-29(46(50)51)15-16-32(31)44(39(40)49)23-26-9-8-10-28(21-26)45-33-12-5-7-14-35(33)53-34-13-6-4-11-30(34)38(45)48/h4-16,21-22,24-25,36-37,47,52H,17-20,23H2,1-3H3/t25-,36+,37-,40+/m1/s1. The molecule has 0 bridgehead atoms. The summed E-state index contributed by atoms with van der Waals surface area (Å²) in [4.78, 5) is 55.7. The van der Waals surface area contributed by atoms with Gasteiger partial charge < -0.3 is 24.3 Å². The molecule has 8 rings (SSSR count). The fourth-order valence-electron chi connectivity index (χ4n) is 8.58. The van der Waals surface area contributed by atoms with E-state index in [0.29, 0.717) is 70.3 Å². The van der Waals surface area contributed by atoms with Gasteiger partial charge in [0.2, 0.25) is 0 Å². The molecule has 1 saturated heterocycles. The van der Waals surface area contributed by atoms with E-state index in [4.69, 9.17) is 9.47 Å². The Kier molecular flexibility index (Phi) is 9.12. The first kappa shape index (κ1) is 36.2. The number of hydrogen-bond donors (Lipinski definition) is 2. The number of benzene rings is 4. The van der Waals surface area contributed by atoms with Gasteiger partial charge in [0.1, 0.15) is 5.75 Å². The van der Waals surface area contributed by atoms with Crippen molar-refractivity contribution in [3.05, 3.63) is 130 Å². The number of hydrogen-bond acceptors (Lipinski definition) is 10. The Hall–Kier alpha value is -5.74. The van der Waals surface area contributed by atoms with Crippen molar-refractivity contribution in [3.63, 3.8) is 0 Å². The lowest BCUT2D eigenvalue weighted by Crippen LogP contribution is -2.46. The lowest BCUT2D eigenvalue weighted by molar-refractivity contribution is -0.385. The maximum Gasteiger partial charge on any atom is 0.269 e. The normalized spacial score (nSPS) is 21.7. The molecule has 1 spiro atoms. The zero-order chi connectivity index (χ0) is 38.6. The number of nitro benzene ring substituents is 1. The van der Waals surface area contributed by atoms with Crippen LogP contribution in [-0.4, -0.2) is 62.7 Å². The molecule has 3 aliphatic heterocycles. The third-order valence-corrected chi connectivity index (χ3v) is 13.4. The van der Waals surface area contributed by atoms with Crippen LogP contribution in [0.1, 0.15) is 40.5 Å². The molecule has 14 nitrogen and oxygen atoms in total. The molecule has 0 saturated carbocycles. The minimum Gasteiger partial charge on any atom is -0.454 e. The quantitative estimate of drug-likeness (QED) is 0.0943. The van der Waals surface area contributed by atoms with Gasteiger partial charge in [0.25, 0.3) is 17.5 Å². The monoisotopic (exact) mass is 760 g/mol. The average molecular weight is 761 g/mol. The van der Waals surface area contributed by atoms with Crippen LogP contribution in [0, 0.1) is 16.0 Å². The molecule has 0 aliphatic carbocycles. The van der Waals surface area contributed by atoms with Crippen molar-refractivity contribution in [2.75, 3.05) is 16.4 Å². The van der Waals surface area contributed by atoms with Gasteiger partial charge in [-0.25, -0.2) is 0 Å². The molecule has 1 aromatic heterocycles. The summed E-state index contributed by atoms with van der Waals surface area (Å²) in [6.07, 6.45) is 1.94. The Bertz CT molecular complexity index is 2330. The highest BCUT2D eigenvalue weighted by Crippen LogP contribution is 2.60. The predicted octanol–water partition coefficient (Wildman–Crippen LogP) is 6.24. The molecular weight excluding hydrogens is 721 g/mol. The van der Waals surface area contributed by atoms with E-state index in [0.717, 1.165) is 0 Å². The first-order chi connectivity index (χ1) is 26.4. The Morgan fingerprint density at radius 1 is 0.964 bits per heavy atom. The number of amides is 2. The van der Waals surface area contributed by atoms with Gasteiger partial charge in [-0.2, -0.15) is 0 Å². The summed E-state index contributed by atoms with van der Waals surface area (Å²) >= 11 is 0. The number of para-hydroxylation sites is 3. The van der Waals surface area contributed by atoms with Crippen LogP contribution in [-0.2, 0) is 34.6 Å². The number of aromatic nitrogens is 3. The molecule has 4 heterocycles. The van der Waals surface area contributed by atoms with E-state index < -0.39 is 36.4 Å². The molecule has 5 aromatic rings. The number of rotatable bonds is 10. The zero-order valence-corrected chi connectivity index (χ0v) is 31.5. The second-order valence-electron chi connectivity index (χ2n) is 14.8. The number of aliphatic hydroxyl groups excluding tert-OH is 1. The molecule has 0 radical (unpaired) electrons. The summed E-state index contributed by atoms with van der Waals surface area (Å²) < 4.78 is 14.7. The molecule has 15 heteroatoms. The van der Waals surface area contributed by atoms with Crippen molar-refractivity contribution in [2.24, 2.45) is 5.92 Å². The summed E-state index contributed by atoms with van der Waals surface area (Å²) in [5.74, 6) is -0.235. The highest BCUT2D eigenvalue weighted by atomic mass is 28.4. The molecule has 282 valence electrons. The van der Waals surface area contributed by atoms with Gasteiger partial charge in [-0.1, -0.05) is 48.5 Å². The van der Waals surface area contributed by atoms with Gasteiger partial charge in [-0.05, 0) is 67.5 Å². The topological polar surface area (TPSA) is 173 Å². The van der Waals surface area contributed by atoms with Gasteiger partial charge >= 0.3 is 0 Å². The SMILES string of the molecule is C[C@@H]1[C@@H]([Si](C)(C)O)[C@H](CCn2cc(CCO)nn2)O[C@@]12C(=O)N(Cc1cccc(N3C(=O)c4ccccc4Oc4ccccc43)c1)c1ccc([N+](=O)[O-])cc12. The first-order valence-electron chi connectivity index (χ1n) is 18.2. The van der Waals surface area contributed by atoms with E-state index >= 15 is 4.79 Å². The average Bonchev–Trinajstić information content (AvgIpc) is 3.78. The zero-order valence-electron chi connectivity index (χ0n) is 30.5. The van der Waals surface area contributed by atoms with Crippen molar-refractivity contribution < 1.29 is 33.9 Å². The fraction of sp³-hybridized carbons (Fsp3) is 0.300. The predicted molar refractivity (Wildman–Crippen MR) is 205 cm³/mol. The number of carbonyl (C=O) groups is 2. The number of nitro groups is 1. The van der Waals surface area contributed by atoms with Crippen LogP contribution in [0.2, 0.25) is 18.6 Å². The number of aliphatic hydroxyl groups is 1. The smallest absolute Gasteiger partial charge is 0.269 e. The number of fused-ring (bicyclic) bond motifs is 4. The molecule has 4 atom stereocenters. The highest BCUT2D eigenvalue weighted by molar-refractivity contribution is 6.71. The van der Waals surface area contributed by atoms with Crippen molar-refractivity contribution in [1.29, 1.82) is 0 Å². The second-order valence-corrected chi connectivity index (χ2v) is 18.8. The summed E-state index contributed by atoms with van der Waals surface area (Å²) in [6.45, 7) is 5.93. The van der Waals surface area contributed by atoms with Crippen LogP contribution in [0.3, 0.4) is 0 Å². The molecule has 1 fully saturated rings. The van der Waals surface area contributed by atoms with Crippen molar-refractivity contribution in [2.45, 2.75) is 63.2 Å². The first-order valence-corrected chi connectivity index (χ1v) is 21.2. The lowest BCUT2D eigenvalue weighted by atomic mass is 9.82. The number of anilines is 3. The Morgan fingerprint density at radius 2 is 1.73 bits per heavy atom. The van der Waals surface area contributed by atoms with E-state index in [1.165, 1.54) is 12.1 Å². The second kappa shape index (κ2) is 13.8. The molecule has 3 aliphatic rings. The number of nitrogens with zero attached hydrogens (tertiary/aromatic N) is 6. The highest BCUT2D eigenvalue weighted by Gasteiger charge is 2.66. The Labute approximate surface area is 317 Å². The van der Waals surface area contributed by atoms with Crippen molar-refractivity contribution in [1.82, 2.24) is 15.0 Å². The van der Waals surface area contributed by atoms with Crippen molar-refractivity contribution >= 4 is 42.9 Å². The molecule has 2 N–H and O–H groups in total. The summed E-state index contributed by atoms with van der Waals surface area (Å²) in [5.41, 5.74) is 1.55. The Morgan fingerprint density at radius 3 is 2.49 bits per heavy atom. The lowest BCUT2D eigenvalue weighted by Gasteiger charge is -2.32. The third kappa shape index (κ3) is 6.18. The number of ether oxygens (including phenoxy) is 2. The summed E-state index contributed by atoms with van der Waals surface area (Å²) in [6, 6.07) is 26.1. The van der Waals surface area contributed by atoms with Gasteiger partial charge in [-0.15, -0.1) is 5.10 Å². The van der Waals surface area contributed by atoms with Gasteiger partial charge in [0, 0.05) is 60.6 Å². The largest absolute Gasteiger partial charge is 0.454 e. The van der Waals surface area contributed by atoms with Crippen LogP contribution in [0.25, 0.3) is 0 Å². The van der Waals surface area contributed by atoms with E-state index in [9.17, 15) is 24.8 Å². The maximum absolute atomic E-state index is 15.1. The van der Waals surface area contributed by atoms with Gasteiger partial charge in [-0.3, -0.25) is 29.3 Å². The summed E-state index contributed by atoms with van der Waals surface area (Å²) in [5, 5.41) is 29.7. The van der Waals surface area contributed by atoms with Crippen LogP contribution < -0.4 is 14.5 Å². The van der Waals surface area contributed by atoms with Gasteiger partial charge in [0.15, 0.2) is 19.7 Å². The van der Waals surface area contributed by atoms with E-state index in [-0.39, 0.29) is 30.7 Å². The molecule has 4 aromatic carbocycles. The minimum atomic E-state index is -3.02. The maximum atomic E-state index is 15.1. The molecular formula is C40H40N6O8Si. The summed E-state index contributed by atoms with van der Waals surface area (Å²) in [7, 11) is -3.02. The van der Waals surface area contributed by atoms with E-state index in [2.05, 4.69) is 10.3 Å². The van der Waals surface area contributed by atoms with Crippen LogP contribution >= 0.6 is 0 Å². The van der Waals surface area contributed by atoms with Crippen LogP contribution in [0.4, 0.5) is 22.7 Å². The number of aryl methyl sites for hydroxylation is 1. The fourth-order valence-corrected chi connectivity index (χ4v) is 11.2. The van der Waals surface area contributed by atoms with Crippen LogP contribution in [0.5, 0.6) is 11.5 Å². The number of non-ortho nitro benzene ring substituents is 1. The molecule has 55 heavy (non-hydrogen) atoms.